The van der Waals surface area contributed by atoms with Crippen LogP contribution in [-0.4, -0.2) is 9.55 Å². The fourth-order valence-electron chi connectivity index (χ4n) is 12.6. The van der Waals surface area contributed by atoms with Crippen LogP contribution in [0, 0.1) is 0 Å². The van der Waals surface area contributed by atoms with Crippen molar-refractivity contribution in [2.24, 2.45) is 0 Å². The lowest BCUT2D eigenvalue weighted by molar-refractivity contribution is 0.793. The van der Waals surface area contributed by atoms with Gasteiger partial charge in [-0.3, -0.25) is 4.98 Å². The standard InChI is InChI=1S/C72H47N3/c1-3-17-48(18-4-1)49-34-37-56(38-35-49)74(57-39-41-62-61-23-9-13-27-67(61)72(68(62)47-57)65-25-11-7-21-59(65)60-22-8-12-26-66(60)72)58-44-53(43-54(45-58)69-28-15-16-42-73-69)51-32-30-50(31-33-51)52-36-40-64-63-24-10-14-29-70(63)75(71(64)46-52)55-19-5-2-6-20-55/h1-47H. The van der Waals surface area contributed by atoms with Gasteiger partial charge in [0.1, 0.15) is 0 Å². The largest absolute Gasteiger partial charge is 0.310 e. The number of hydrogen-bond donors (Lipinski definition) is 0. The third-order valence-electron chi connectivity index (χ3n) is 15.8. The second kappa shape index (κ2) is 17.2. The van der Waals surface area contributed by atoms with Crippen molar-refractivity contribution in [3.05, 3.63) is 308 Å². The highest BCUT2D eigenvalue weighted by Crippen LogP contribution is 2.63. The molecule has 0 N–H and O–H groups in total. The van der Waals surface area contributed by atoms with Gasteiger partial charge in [-0.1, -0.05) is 200 Å². The highest BCUT2D eigenvalue weighted by molar-refractivity contribution is 6.10. The molecule has 3 nitrogen and oxygen atoms in total. The van der Waals surface area contributed by atoms with Crippen LogP contribution >= 0.6 is 0 Å². The lowest BCUT2D eigenvalue weighted by Crippen LogP contribution is -2.26. The summed E-state index contributed by atoms with van der Waals surface area (Å²) in [4.78, 5) is 7.39. The molecule has 0 amide bonds. The maximum atomic E-state index is 4.94. The summed E-state index contributed by atoms with van der Waals surface area (Å²) < 4.78 is 2.39. The SMILES string of the molecule is c1ccc(-c2ccc(N(c3cc(-c4ccc(-c5ccc6c7ccccc7n(-c7ccccc7)c6c5)cc4)cc(-c4ccccn4)c3)c3ccc4c(c3)C3(c5ccccc5-c5ccccc53)c3ccccc3-4)cc2)cc1. The normalized spacial score (nSPS) is 12.6. The zero-order valence-electron chi connectivity index (χ0n) is 41.0. The van der Waals surface area contributed by atoms with Crippen LogP contribution in [0.15, 0.2) is 285 Å². The Kier molecular flexibility index (Phi) is 9.79. The number of pyridine rings is 1. The van der Waals surface area contributed by atoms with Gasteiger partial charge in [-0.25, -0.2) is 0 Å². The summed E-state index contributed by atoms with van der Waals surface area (Å²) in [5.74, 6) is 0. The van der Waals surface area contributed by atoms with Crippen molar-refractivity contribution < 1.29 is 0 Å². The predicted octanol–water partition coefficient (Wildman–Crippen LogP) is 18.7. The molecule has 0 fully saturated rings. The highest BCUT2D eigenvalue weighted by Gasteiger charge is 2.51. The molecule has 2 heterocycles. The van der Waals surface area contributed by atoms with Gasteiger partial charge in [-0.2, -0.15) is 0 Å². The molecule has 0 aliphatic heterocycles. The first-order valence-electron chi connectivity index (χ1n) is 25.8. The van der Waals surface area contributed by atoms with Gasteiger partial charge in [0.25, 0.3) is 0 Å². The molecule has 2 aromatic heterocycles. The summed E-state index contributed by atoms with van der Waals surface area (Å²) in [6.45, 7) is 0. The third-order valence-corrected chi connectivity index (χ3v) is 15.8. The molecule has 0 radical (unpaired) electrons. The minimum Gasteiger partial charge on any atom is -0.310 e. The molecule has 75 heavy (non-hydrogen) atoms. The number of rotatable bonds is 8. The lowest BCUT2D eigenvalue weighted by Gasteiger charge is -2.32. The van der Waals surface area contributed by atoms with Crippen molar-refractivity contribution in [2.45, 2.75) is 5.41 Å². The van der Waals surface area contributed by atoms with Gasteiger partial charge in [0.05, 0.1) is 22.1 Å². The van der Waals surface area contributed by atoms with Gasteiger partial charge < -0.3 is 9.47 Å². The second-order valence-electron chi connectivity index (χ2n) is 19.8. The molecule has 2 aliphatic rings. The molecule has 0 saturated heterocycles. The zero-order valence-corrected chi connectivity index (χ0v) is 41.0. The fourth-order valence-corrected chi connectivity index (χ4v) is 12.6. The Labute approximate surface area is 436 Å². The molecule has 0 saturated carbocycles. The number of benzene rings is 11. The van der Waals surface area contributed by atoms with E-state index in [1.807, 2.05) is 12.3 Å². The molecule has 15 rings (SSSR count). The van der Waals surface area contributed by atoms with Crippen LogP contribution in [0.1, 0.15) is 22.3 Å². The molecular formula is C72H47N3. The van der Waals surface area contributed by atoms with E-state index in [-0.39, 0.29) is 0 Å². The number of aromatic nitrogens is 2. The highest BCUT2D eigenvalue weighted by atomic mass is 15.1. The monoisotopic (exact) mass is 953 g/mol. The van der Waals surface area contributed by atoms with Gasteiger partial charge in [0.2, 0.25) is 0 Å². The summed E-state index contributed by atoms with van der Waals surface area (Å²) in [6, 6.07) is 103. The summed E-state index contributed by atoms with van der Waals surface area (Å²) in [5.41, 5.74) is 25.6. The molecule has 1 spiro atoms. The summed E-state index contributed by atoms with van der Waals surface area (Å²) in [6.07, 6.45) is 1.89. The summed E-state index contributed by atoms with van der Waals surface area (Å²) >= 11 is 0. The van der Waals surface area contributed by atoms with Crippen molar-refractivity contribution in [3.63, 3.8) is 0 Å². The van der Waals surface area contributed by atoms with Gasteiger partial charge in [-0.15, -0.1) is 0 Å². The Hall–Kier alpha value is -9.83. The molecule has 0 unspecified atom stereocenters. The van der Waals surface area contributed by atoms with Gasteiger partial charge in [0, 0.05) is 45.3 Å². The van der Waals surface area contributed by atoms with Crippen LogP contribution in [-0.2, 0) is 5.41 Å². The van der Waals surface area contributed by atoms with Gasteiger partial charge in [-0.05, 0) is 157 Å². The molecule has 3 heteroatoms. The Morgan fingerprint density at radius 3 is 1.48 bits per heavy atom. The molecule has 11 aromatic carbocycles. The number of hydrogen-bond acceptors (Lipinski definition) is 2. The maximum Gasteiger partial charge on any atom is 0.0726 e. The van der Waals surface area contributed by atoms with E-state index in [0.717, 1.165) is 50.7 Å². The quantitative estimate of drug-likeness (QED) is 0.151. The number of anilines is 3. The van der Waals surface area contributed by atoms with E-state index in [1.54, 1.807) is 0 Å². The Morgan fingerprint density at radius 2 is 0.800 bits per heavy atom. The third kappa shape index (κ3) is 6.72. The number of para-hydroxylation sites is 2. The van der Waals surface area contributed by atoms with E-state index in [1.165, 1.54) is 83.0 Å². The molecule has 0 atom stereocenters. The predicted molar refractivity (Wildman–Crippen MR) is 311 cm³/mol. The average Bonchev–Trinajstić information content (AvgIpc) is 4.29. The van der Waals surface area contributed by atoms with Gasteiger partial charge in [0.15, 0.2) is 0 Å². The van der Waals surface area contributed by atoms with Crippen molar-refractivity contribution in [3.8, 4) is 72.6 Å². The van der Waals surface area contributed by atoms with Crippen LogP contribution in [0.3, 0.4) is 0 Å². The van der Waals surface area contributed by atoms with Crippen LogP contribution in [0.4, 0.5) is 17.1 Å². The first kappa shape index (κ1) is 42.8. The van der Waals surface area contributed by atoms with Gasteiger partial charge >= 0.3 is 0 Å². The Balaban J connectivity index is 0.905. The lowest BCUT2D eigenvalue weighted by atomic mass is 9.70. The van der Waals surface area contributed by atoms with Crippen LogP contribution in [0.2, 0.25) is 0 Å². The topological polar surface area (TPSA) is 21.1 Å². The molecule has 0 bridgehead atoms. The van der Waals surface area contributed by atoms with E-state index in [9.17, 15) is 0 Å². The number of fused-ring (bicyclic) bond motifs is 13. The second-order valence-corrected chi connectivity index (χ2v) is 19.8. The molecule has 2 aliphatic carbocycles. The Bertz CT molecular complexity index is 4260. The van der Waals surface area contributed by atoms with Crippen LogP contribution in [0.5, 0.6) is 0 Å². The average molecular weight is 954 g/mol. The van der Waals surface area contributed by atoms with Crippen molar-refractivity contribution in [1.82, 2.24) is 9.55 Å². The van der Waals surface area contributed by atoms with E-state index < -0.39 is 5.41 Å². The maximum absolute atomic E-state index is 4.94. The smallest absolute Gasteiger partial charge is 0.0726 e. The molecule has 13 aromatic rings. The van der Waals surface area contributed by atoms with E-state index in [4.69, 9.17) is 4.98 Å². The van der Waals surface area contributed by atoms with Crippen LogP contribution < -0.4 is 4.90 Å². The van der Waals surface area contributed by atoms with E-state index in [2.05, 4.69) is 282 Å². The molecular weight excluding hydrogens is 907 g/mol. The Morgan fingerprint density at radius 1 is 0.293 bits per heavy atom. The summed E-state index contributed by atoms with van der Waals surface area (Å²) in [7, 11) is 0. The van der Waals surface area contributed by atoms with Crippen molar-refractivity contribution in [2.75, 3.05) is 4.90 Å². The summed E-state index contributed by atoms with van der Waals surface area (Å²) in [5, 5.41) is 2.50. The van der Waals surface area contributed by atoms with Crippen LogP contribution in [0.25, 0.3) is 94.4 Å². The van der Waals surface area contributed by atoms with E-state index in [0.29, 0.717) is 0 Å². The van der Waals surface area contributed by atoms with E-state index >= 15 is 0 Å². The van der Waals surface area contributed by atoms with Crippen molar-refractivity contribution >= 4 is 38.9 Å². The first-order chi connectivity index (χ1) is 37.2. The van der Waals surface area contributed by atoms with Crippen molar-refractivity contribution in [1.29, 1.82) is 0 Å². The minimum absolute atomic E-state index is 0.483. The molecule has 350 valence electrons. The minimum atomic E-state index is -0.483. The number of nitrogens with zero attached hydrogens (tertiary/aromatic N) is 3. The first-order valence-corrected chi connectivity index (χ1v) is 25.8. The zero-order chi connectivity index (χ0) is 49.5. The fraction of sp³-hybridized carbons (Fsp3) is 0.0139.